The van der Waals surface area contributed by atoms with Crippen LogP contribution in [0.5, 0.6) is 0 Å². The van der Waals surface area contributed by atoms with E-state index in [0.29, 0.717) is 0 Å². The molecule has 9 nitrogen and oxygen atoms in total. The summed E-state index contributed by atoms with van der Waals surface area (Å²) in [5, 5.41) is 48.0. The molecule has 162 valence electrons. The molecular formula is C18H17B2F2NO8. The Balaban J connectivity index is 2.13. The van der Waals surface area contributed by atoms with Gasteiger partial charge >= 0.3 is 20.2 Å². The van der Waals surface area contributed by atoms with Gasteiger partial charge in [-0.1, -0.05) is 12.1 Å². The molecule has 1 atom stereocenters. The number of Topliss-reactive ketones (excluding diaryl/α,β-unsaturated/α-hetero) is 1. The van der Waals surface area contributed by atoms with Gasteiger partial charge in [0.1, 0.15) is 11.6 Å². The molecule has 0 aliphatic heterocycles. The molecule has 0 saturated heterocycles. The van der Waals surface area contributed by atoms with Crippen molar-refractivity contribution in [2.24, 2.45) is 5.92 Å². The number of carbonyl (C=O) groups excluding carboxylic acids is 2. The van der Waals surface area contributed by atoms with Crippen molar-refractivity contribution in [3.05, 3.63) is 59.2 Å². The molecule has 0 unspecified atom stereocenters. The molecule has 31 heavy (non-hydrogen) atoms. The Labute approximate surface area is 175 Å². The van der Waals surface area contributed by atoms with Crippen LogP contribution in [-0.4, -0.2) is 63.6 Å². The predicted molar refractivity (Wildman–Crippen MR) is 105 cm³/mol. The second kappa shape index (κ2) is 10.3. The number of carboxylic acid groups (broad SMARTS) is 1. The normalized spacial score (nSPS) is 11.5. The fourth-order valence-electron chi connectivity index (χ4n) is 2.69. The lowest BCUT2D eigenvalue weighted by molar-refractivity contribution is -0.141. The Morgan fingerprint density at radius 2 is 1.35 bits per heavy atom. The van der Waals surface area contributed by atoms with E-state index in [4.69, 9.17) is 20.1 Å². The van der Waals surface area contributed by atoms with E-state index in [1.54, 1.807) is 0 Å². The third-order valence-corrected chi connectivity index (χ3v) is 4.41. The quantitative estimate of drug-likeness (QED) is 0.195. The number of carboxylic acids is 1. The number of halogens is 2. The number of hydrogen-bond donors (Lipinski definition) is 6. The van der Waals surface area contributed by atoms with Crippen molar-refractivity contribution in [2.45, 2.75) is 6.42 Å². The van der Waals surface area contributed by atoms with E-state index in [1.807, 2.05) is 0 Å². The van der Waals surface area contributed by atoms with Crippen molar-refractivity contribution < 1.29 is 48.4 Å². The van der Waals surface area contributed by atoms with Crippen LogP contribution in [0.1, 0.15) is 27.1 Å². The number of hydrogen-bond acceptors (Lipinski definition) is 7. The molecule has 0 heterocycles. The summed E-state index contributed by atoms with van der Waals surface area (Å²) < 4.78 is 27.8. The molecule has 6 N–H and O–H groups in total. The number of benzene rings is 2. The molecular weight excluding hydrogens is 418 g/mol. The highest BCUT2D eigenvalue weighted by Crippen LogP contribution is 2.14. The first-order valence-electron chi connectivity index (χ1n) is 8.86. The summed E-state index contributed by atoms with van der Waals surface area (Å²) in [4.78, 5) is 36.0. The number of nitrogens with one attached hydrogen (secondary N) is 1. The first-order chi connectivity index (χ1) is 14.5. The Morgan fingerprint density at radius 3 is 1.84 bits per heavy atom. The van der Waals surface area contributed by atoms with E-state index in [2.05, 4.69) is 5.32 Å². The molecule has 13 heteroatoms. The molecule has 1 amide bonds. The maximum absolute atomic E-state index is 13.9. The standard InChI is InChI=1S/C18H17B2F2NO8/c21-14-3-1-10(19(28)29)6-12(14)16(24)5-9(18(26)27)8-23-17(25)13-7-11(20(30)31)2-4-15(13)22/h1-4,6-7,9,28-31H,5,8H2,(H,23,25)(H,26,27)/t9-/m1/s1. The molecule has 0 spiro atoms. The van der Waals surface area contributed by atoms with Crippen LogP contribution >= 0.6 is 0 Å². The van der Waals surface area contributed by atoms with Gasteiger partial charge in [-0.3, -0.25) is 14.4 Å². The SMILES string of the molecule is O=C(C[C@H](CNC(=O)c1cc(B(O)O)ccc1F)C(=O)O)c1cc(B(O)O)ccc1F. The predicted octanol–water partition coefficient (Wildman–Crippen LogP) is -1.97. The summed E-state index contributed by atoms with van der Waals surface area (Å²) >= 11 is 0. The van der Waals surface area contributed by atoms with Crippen molar-refractivity contribution in [3.8, 4) is 0 Å². The number of carbonyl (C=O) groups is 3. The number of ketones is 1. The highest BCUT2D eigenvalue weighted by Gasteiger charge is 2.26. The molecule has 2 aromatic carbocycles. The Kier molecular flexibility index (Phi) is 8.00. The zero-order valence-corrected chi connectivity index (χ0v) is 15.8. The minimum atomic E-state index is -1.97. The molecule has 0 aromatic heterocycles. The van der Waals surface area contributed by atoms with Gasteiger partial charge in [0.25, 0.3) is 5.91 Å². The Hall–Kier alpha value is -3.12. The van der Waals surface area contributed by atoms with Crippen molar-refractivity contribution in [3.63, 3.8) is 0 Å². The van der Waals surface area contributed by atoms with Crippen molar-refractivity contribution in [2.75, 3.05) is 6.54 Å². The largest absolute Gasteiger partial charge is 0.488 e. The highest BCUT2D eigenvalue weighted by molar-refractivity contribution is 6.59. The van der Waals surface area contributed by atoms with Crippen LogP contribution in [0.25, 0.3) is 0 Å². The van der Waals surface area contributed by atoms with Gasteiger partial charge in [-0.25, -0.2) is 8.78 Å². The van der Waals surface area contributed by atoms with E-state index >= 15 is 0 Å². The van der Waals surface area contributed by atoms with Gasteiger partial charge in [0.2, 0.25) is 0 Å². The monoisotopic (exact) mass is 435 g/mol. The van der Waals surface area contributed by atoms with Crippen molar-refractivity contribution in [1.82, 2.24) is 5.32 Å². The van der Waals surface area contributed by atoms with Crippen molar-refractivity contribution in [1.29, 1.82) is 0 Å². The summed E-state index contributed by atoms with van der Waals surface area (Å²) in [6.07, 6.45) is -0.741. The fraction of sp³-hybridized carbons (Fsp3) is 0.167. The van der Waals surface area contributed by atoms with Crippen LogP contribution < -0.4 is 16.2 Å². The van der Waals surface area contributed by atoms with E-state index in [-0.39, 0.29) is 10.9 Å². The van der Waals surface area contributed by atoms with Crippen LogP contribution in [0.2, 0.25) is 0 Å². The van der Waals surface area contributed by atoms with Gasteiger partial charge < -0.3 is 30.5 Å². The molecule has 0 fully saturated rings. The minimum absolute atomic E-state index is 0.169. The number of aliphatic carboxylic acids is 1. The summed E-state index contributed by atoms with van der Waals surface area (Å²) in [6.45, 7) is -0.616. The lowest BCUT2D eigenvalue weighted by atomic mass is 9.79. The van der Waals surface area contributed by atoms with E-state index in [9.17, 15) is 28.3 Å². The molecule has 2 rings (SSSR count). The van der Waals surface area contributed by atoms with Crippen LogP contribution in [0, 0.1) is 17.6 Å². The summed E-state index contributed by atoms with van der Waals surface area (Å²) in [7, 11) is -3.93. The molecule has 0 bridgehead atoms. The van der Waals surface area contributed by atoms with Gasteiger partial charge in [0.05, 0.1) is 17.0 Å². The summed E-state index contributed by atoms with van der Waals surface area (Å²) in [5.41, 5.74) is -1.47. The molecule has 0 saturated carbocycles. The first kappa shape index (κ1) is 24.2. The fourth-order valence-corrected chi connectivity index (χ4v) is 2.69. The average molecular weight is 435 g/mol. The zero-order chi connectivity index (χ0) is 23.3. The third kappa shape index (κ3) is 6.18. The maximum Gasteiger partial charge on any atom is 0.488 e. The van der Waals surface area contributed by atoms with E-state index in [0.717, 1.165) is 36.4 Å². The van der Waals surface area contributed by atoms with Crippen LogP contribution in [0.4, 0.5) is 8.78 Å². The van der Waals surface area contributed by atoms with E-state index < -0.39 is 73.5 Å². The molecule has 0 radical (unpaired) electrons. The summed E-state index contributed by atoms with van der Waals surface area (Å²) in [6, 6.07) is 5.48. The van der Waals surface area contributed by atoms with Gasteiger partial charge in [-0.2, -0.15) is 0 Å². The lowest BCUT2D eigenvalue weighted by Gasteiger charge is -2.14. The molecule has 2 aromatic rings. The molecule has 0 aliphatic carbocycles. The Morgan fingerprint density at radius 1 is 0.871 bits per heavy atom. The minimum Gasteiger partial charge on any atom is -0.481 e. The van der Waals surface area contributed by atoms with Crippen molar-refractivity contribution >= 4 is 42.8 Å². The average Bonchev–Trinajstić information content (AvgIpc) is 2.70. The van der Waals surface area contributed by atoms with Gasteiger partial charge in [-0.15, -0.1) is 0 Å². The summed E-state index contributed by atoms with van der Waals surface area (Å²) in [5.74, 6) is -7.01. The van der Waals surface area contributed by atoms with Gasteiger partial charge in [0, 0.05) is 13.0 Å². The van der Waals surface area contributed by atoms with E-state index in [1.165, 1.54) is 0 Å². The smallest absolute Gasteiger partial charge is 0.481 e. The second-order valence-electron chi connectivity index (χ2n) is 6.60. The van der Waals surface area contributed by atoms with Crippen LogP contribution in [0.15, 0.2) is 36.4 Å². The third-order valence-electron chi connectivity index (χ3n) is 4.41. The van der Waals surface area contributed by atoms with Crippen LogP contribution in [0.3, 0.4) is 0 Å². The lowest BCUT2D eigenvalue weighted by Crippen LogP contribution is -2.36. The number of rotatable bonds is 9. The maximum atomic E-state index is 13.9. The topological polar surface area (TPSA) is 164 Å². The van der Waals surface area contributed by atoms with Gasteiger partial charge in [-0.05, 0) is 35.2 Å². The second-order valence-corrected chi connectivity index (χ2v) is 6.60. The number of amides is 1. The first-order valence-corrected chi connectivity index (χ1v) is 8.86. The van der Waals surface area contributed by atoms with Crippen LogP contribution in [-0.2, 0) is 4.79 Å². The highest BCUT2D eigenvalue weighted by atomic mass is 19.1. The molecule has 0 aliphatic rings. The Bertz CT molecular complexity index is 1000. The van der Waals surface area contributed by atoms with Gasteiger partial charge in [0.15, 0.2) is 5.78 Å². The zero-order valence-electron chi connectivity index (χ0n) is 15.8.